The molecule has 0 atom stereocenters. The number of nitrogens with zero attached hydrogens (tertiary/aromatic N) is 3. The first-order chi connectivity index (χ1) is 8.61. The van der Waals surface area contributed by atoms with E-state index in [4.69, 9.17) is 0 Å². The van der Waals surface area contributed by atoms with Crippen molar-refractivity contribution in [3.63, 3.8) is 0 Å². The van der Waals surface area contributed by atoms with E-state index in [1.165, 1.54) is 6.07 Å². The highest BCUT2D eigenvalue weighted by Gasteiger charge is 2.18. The van der Waals surface area contributed by atoms with E-state index in [1.807, 2.05) is 6.92 Å². The van der Waals surface area contributed by atoms with Gasteiger partial charge in [-0.3, -0.25) is 14.9 Å². The van der Waals surface area contributed by atoms with E-state index in [0.717, 1.165) is 30.8 Å². The molecule has 1 aliphatic rings. The Balaban J connectivity index is 2.14. The minimum atomic E-state index is -0.388. The van der Waals surface area contributed by atoms with Crippen LogP contribution >= 0.6 is 0 Å². The van der Waals surface area contributed by atoms with Crippen LogP contribution in [0, 0.1) is 17.0 Å². The van der Waals surface area contributed by atoms with Crippen molar-refractivity contribution >= 4 is 17.8 Å². The topological polar surface area (TPSA) is 66.7 Å². The smallest absolute Gasteiger partial charge is 0.269 e. The summed E-state index contributed by atoms with van der Waals surface area (Å²) in [6.45, 7) is 4.78. The van der Waals surface area contributed by atoms with Crippen LogP contribution in [0.1, 0.15) is 5.56 Å². The highest BCUT2D eigenvalue weighted by atomic mass is 16.6. The summed E-state index contributed by atoms with van der Waals surface area (Å²) in [6.07, 6.45) is 0.861. The van der Waals surface area contributed by atoms with Crippen molar-refractivity contribution in [2.24, 2.45) is 0 Å². The predicted octanol–water partition coefficient (Wildman–Crippen LogP) is 1.18. The molecule has 0 bridgehead atoms. The van der Waals surface area contributed by atoms with Gasteiger partial charge in [0.15, 0.2) is 0 Å². The number of carbonyl (C=O) groups is 1. The molecule has 0 unspecified atom stereocenters. The monoisotopic (exact) mass is 249 g/mol. The van der Waals surface area contributed by atoms with Crippen LogP contribution in [-0.2, 0) is 4.79 Å². The van der Waals surface area contributed by atoms with Crippen molar-refractivity contribution in [1.82, 2.24) is 4.90 Å². The van der Waals surface area contributed by atoms with Gasteiger partial charge in [-0.05, 0) is 18.6 Å². The Morgan fingerprint density at radius 1 is 1.28 bits per heavy atom. The number of nitro groups is 1. The lowest BCUT2D eigenvalue weighted by Gasteiger charge is -2.34. The van der Waals surface area contributed by atoms with Gasteiger partial charge in [-0.1, -0.05) is 0 Å². The Bertz CT molecular complexity index is 468. The fraction of sp³-hybridized carbons (Fsp3) is 0.417. The lowest BCUT2D eigenvalue weighted by atomic mass is 10.1. The zero-order valence-electron chi connectivity index (χ0n) is 10.2. The molecular weight excluding hydrogens is 234 g/mol. The Morgan fingerprint density at radius 3 is 2.44 bits per heavy atom. The Morgan fingerprint density at radius 2 is 1.94 bits per heavy atom. The first-order valence-electron chi connectivity index (χ1n) is 5.81. The third-order valence-corrected chi connectivity index (χ3v) is 3.20. The number of hydrogen-bond donors (Lipinski definition) is 0. The lowest BCUT2D eigenvalue weighted by molar-refractivity contribution is -0.384. The molecule has 96 valence electrons. The van der Waals surface area contributed by atoms with Gasteiger partial charge in [0.05, 0.1) is 4.92 Å². The second-order valence-corrected chi connectivity index (χ2v) is 4.36. The van der Waals surface area contributed by atoms with Gasteiger partial charge in [-0.2, -0.15) is 0 Å². The molecule has 1 aromatic carbocycles. The van der Waals surface area contributed by atoms with Gasteiger partial charge in [0.25, 0.3) is 5.69 Å². The van der Waals surface area contributed by atoms with Gasteiger partial charge in [-0.25, -0.2) is 0 Å². The van der Waals surface area contributed by atoms with Gasteiger partial charge in [0, 0.05) is 44.0 Å². The fourth-order valence-electron chi connectivity index (χ4n) is 2.18. The van der Waals surface area contributed by atoms with Crippen LogP contribution in [-0.4, -0.2) is 42.4 Å². The molecular formula is C12H15N3O3. The Kier molecular flexibility index (Phi) is 3.45. The van der Waals surface area contributed by atoms with E-state index in [2.05, 4.69) is 4.90 Å². The van der Waals surface area contributed by atoms with Crippen molar-refractivity contribution < 1.29 is 9.72 Å². The first-order valence-corrected chi connectivity index (χ1v) is 5.81. The second-order valence-electron chi connectivity index (χ2n) is 4.36. The number of nitro benzene ring substituents is 1. The molecule has 1 aromatic rings. The van der Waals surface area contributed by atoms with E-state index in [1.54, 1.807) is 17.0 Å². The second kappa shape index (κ2) is 5.03. The average molecular weight is 249 g/mol. The summed E-state index contributed by atoms with van der Waals surface area (Å²) in [4.78, 5) is 24.8. The molecule has 2 rings (SSSR count). The van der Waals surface area contributed by atoms with Gasteiger partial charge < -0.3 is 9.80 Å². The molecule has 6 nitrogen and oxygen atoms in total. The average Bonchev–Trinajstić information content (AvgIpc) is 2.38. The Hall–Kier alpha value is -2.11. The summed E-state index contributed by atoms with van der Waals surface area (Å²) in [7, 11) is 0. The first kappa shape index (κ1) is 12.3. The van der Waals surface area contributed by atoms with Crippen molar-refractivity contribution in [3.8, 4) is 0 Å². The van der Waals surface area contributed by atoms with E-state index in [-0.39, 0.29) is 10.6 Å². The van der Waals surface area contributed by atoms with E-state index in [0.29, 0.717) is 13.1 Å². The molecule has 6 heteroatoms. The van der Waals surface area contributed by atoms with Crippen LogP contribution in [0.4, 0.5) is 11.4 Å². The lowest BCUT2D eigenvalue weighted by Crippen LogP contribution is -2.45. The number of non-ortho nitro benzene ring substituents is 1. The summed E-state index contributed by atoms with van der Waals surface area (Å²) in [5.41, 5.74) is 2.01. The predicted molar refractivity (Wildman–Crippen MR) is 67.7 cm³/mol. The third-order valence-electron chi connectivity index (χ3n) is 3.20. The number of benzene rings is 1. The molecule has 18 heavy (non-hydrogen) atoms. The molecule has 1 saturated heterocycles. The standard InChI is InChI=1S/C12H15N3O3/c1-10-8-11(15(17)18)2-3-12(10)14-6-4-13(9-16)5-7-14/h2-3,8-9H,4-7H2,1H3. The van der Waals surface area contributed by atoms with Crippen molar-refractivity contribution in [2.45, 2.75) is 6.92 Å². The summed E-state index contributed by atoms with van der Waals surface area (Å²) >= 11 is 0. The summed E-state index contributed by atoms with van der Waals surface area (Å²) in [6, 6.07) is 4.89. The molecule has 1 heterocycles. The molecule has 0 aliphatic carbocycles. The number of piperazine rings is 1. The van der Waals surface area contributed by atoms with Gasteiger partial charge in [-0.15, -0.1) is 0 Å². The molecule has 1 aliphatic heterocycles. The van der Waals surface area contributed by atoms with Crippen LogP contribution < -0.4 is 4.90 Å². The SMILES string of the molecule is Cc1cc([N+](=O)[O-])ccc1N1CCN(C=O)CC1. The number of hydrogen-bond acceptors (Lipinski definition) is 4. The maximum Gasteiger partial charge on any atom is 0.269 e. The van der Waals surface area contributed by atoms with Crippen LogP contribution in [0.3, 0.4) is 0 Å². The van der Waals surface area contributed by atoms with Crippen molar-refractivity contribution in [3.05, 3.63) is 33.9 Å². The number of carbonyl (C=O) groups excluding carboxylic acids is 1. The highest BCUT2D eigenvalue weighted by Crippen LogP contribution is 2.25. The van der Waals surface area contributed by atoms with Crippen LogP contribution in [0.25, 0.3) is 0 Å². The zero-order chi connectivity index (χ0) is 13.1. The molecule has 0 spiro atoms. The van der Waals surface area contributed by atoms with Gasteiger partial charge >= 0.3 is 0 Å². The largest absolute Gasteiger partial charge is 0.368 e. The van der Waals surface area contributed by atoms with E-state index in [9.17, 15) is 14.9 Å². The summed E-state index contributed by atoms with van der Waals surface area (Å²) < 4.78 is 0. The molecule has 0 saturated carbocycles. The minimum absolute atomic E-state index is 0.114. The van der Waals surface area contributed by atoms with E-state index < -0.39 is 0 Å². The van der Waals surface area contributed by atoms with Crippen molar-refractivity contribution in [2.75, 3.05) is 31.1 Å². The maximum atomic E-state index is 10.7. The molecule has 1 amide bonds. The van der Waals surface area contributed by atoms with Crippen LogP contribution in [0.5, 0.6) is 0 Å². The number of amides is 1. The fourth-order valence-corrected chi connectivity index (χ4v) is 2.18. The molecule has 1 fully saturated rings. The highest BCUT2D eigenvalue weighted by molar-refractivity contribution is 5.58. The summed E-state index contributed by atoms with van der Waals surface area (Å²) in [5, 5.41) is 10.7. The molecule has 0 N–H and O–H groups in total. The van der Waals surface area contributed by atoms with Crippen LogP contribution in [0.2, 0.25) is 0 Å². The van der Waals surface area contributed by atoms with Gasteiger partial charge in [0.2, 0.25) is 6.41 Å². The summed E-state index contributed by atoms with van der Waals surface area (Å²) in [5.74, 6) is 0. The minimum Gasteiger partial charge on any atom is -0.368 e. The van der Waals surface area contributed by atoms with E-state index >= 15 is 0 Å². The normalized spacial score (nSPS) is 15.6. The Labute approximate surface area is 105 Å². The zero-order valence-corrected chi connectivity index (χ0v) is 10.2. The van der Waals surface area contributed by atoms with Crippen molar-refractivity contribution in [1.29, 1.82) is 0 Å². The quantitative estimate of drug-likeness (QED) is 0.458. The van der Waals surface area contributed by atoms with Gasteiger partial charge in [0.1, 0.15) is 0 Å². The molecule has 0 radical (unpaired) electrons. The maximum absolute atomic E-state index is 10.7. The number of anilines is 1. The van der Waals surface area contributed by atoms with Crippen LogP contribution in [0.15, 0.2) is 18.2 Å². The number of rotatable bonds is 3. The number of aryl methyl sites for hydroxylation is 1. The third kappa shape index (κ3) is 2.42. The molecule has 0 aromatic heterocycles.